The lowest BCUT2D eigenvalue weighted by Crippen LogP contribution is -2.30. The van der Waals surface area contributed by atoms with Gasteiger partial charge in [0.05, 0.1) is 6.42 Å². The van der Waals surface area contributed by atoms with Crippen LogP contribution < -0.4 is 10.1 Å². The molecule has 2 unspecified atom stereocenters. The standard InChI is InChI=1S/C23H29NO4/c1-14(2)20-11-6-15(3)12-21(20)28-17(5)23(27)24-19-9-7-18(8-10-19)16(4)13-22(25)26/h6-12,14,16-17H,13H2,1-5H3,(H,24,27)(H,25,26). The SMILES string of the molecule is Cc1ccc(C(C)C)c(OC(C)C(=O)Nc2ccc(C(C)CC(=O)O)cc2)c1. The van der Waals surface area contributed by atoms with E-state index in [0.29, 0.717) is 11.6 Å². The van der Waals surface area contributed by atoms with Crippen LogP contribution in [0, 0.1) is 6.92 Å². The van der Waals surface area contributed by atoms with Crippen LogP contribution in [0.1, 0.15) is 62.6 Å². The fraction of sp³-hybridized carbons (Fsp3) is 0.391. The number of carbonyl (C=O) groups excluding carboxylic acids is 1. The van der Waals surface area contributed by atoms with Gasteiger partial charge in [0.25, 0.3) is 5.91 Å². The van der Waals surface area contributed by atoms with E-state index in [2.05, 4.69) is 19.2 Å². The van der Waals surface area contributed by atoms with Crippen LogP contribution in [0.15, 0.2) is 42.5 Å². The molecule has 0 heterocycles. The topological polar surface area (TPSA) is 75.6 Å². The second kappa shape index (κ2) is 9.40. The second-order valence-electron chi connectivity index (χ2n) is 7.57. The van der Waals surface area contributed by atoms with E-state index in [-0.39, 0.29) is 18.2 Å². The second-order valence-corrected chi connectivity index (χ2v) is 7.57. The summed E-state index contributed by atoms with van der Waals surface area (Å²) >= 11 is 0. The highest BCUT2D eigenvalue weighted by Crippen LogP contribution is 2.28. The van der Waals surface area contributed by atoms with E-state index < -0.39 is 12.1 Å². The quantitative estimate of drug-likeness (QED) is 0.665. The summed E-state index contributed by atoms with van der Waals surface area (Å²) in [7, 11) is 0. The van der Waals surface area contributed by atoms with Crippen LogP contribution in [-0.2, 0) is 9.59 Å². The molecule has 2 N–H and O–H groups in total. The fourth-order valence-electron chi connectivity index (χ4n) is 2.98. The molecule has 0 saturated heterocycles. The van der Waals surface area contributed by atoms with E-state index >= 15 is 0 Å². The van der Waals surface area contributed by atoms with Crippen molar-refractivity contribution in [3.8, 4) is 5.75 Å². The molecule has 0 aliphatic carbocycles. The summed E-state index contributed by atoms with van der Waals surface area (Å²) in [5.41, 5.74) is 3.73. The van der Waals surface area contributed by atoms with Crippen molar-refractivity contribution in [2.45, 2.75) is 59.0 Å². The van der Waals surface area contributed by atoms with Crippen molar-refractivity contribution in [2.75, 3.05) is 5.32 Å². The summed E-state index contributed by atoms with van der Waals surface area (Å²) in [5.74, 6) is -0.114. The molecule has 0 bridgehead atoms. The lowest BCUT2D eigenvalue weighted by molar-refractivity contribution is -0.137. The normalized spacial score (nSPS) is 13.1. The third kappa shape index (κ3) is 5.84. The maximum Gasteiger partial charge on any atom is 0.303 e. The lowest BCUT2D eigenvalue weighted by Gasteiger charge is -2.19. The highest BCUT2D eigenvalue weighted by atomic mass is 16.5. The van der Waals surface area contributed by atoms with Crippen molar-refractivity contribution < 1.29 is 19.4 Å². The Balaban J connectivity index is 2.03. The summed E-state index contributed by atoms with van der Waals surface area (Å²) in [5, 5.41) is 11.8. The molecular weight excluding hydrogens is 354 g/mol. The summed E-state index contributed by atoms with van der Waals surface area (Å²) in [4.78, 5) is 23.4. The molecule has 0 aliphatic heterocycles. The number of carboxylic acid groups (broad SMARTS) is 1. The van der Waals surface area contributed by atoms with Crippen LogP contribution >= 0.6 is 0 Å². The molecule has 0 spiro atoms. The van der Waals surface area contributed by atoms with Crippen molar-refractivity contribution in [2.24, 2.45) is 0 Å². The van der Waals surface area contributed by atoms with Crippen LogP contribution in [0.25, 0.3) is 0 Å². The average molecular weight is 383 g/mol. The Kier molecular flexibility index (Phi) is 7.21. The van der Waals surface area contributed by atoms with E-state index in [1.165, 1.54) is 0 Å². The number of rotatable bonds is 8. The number of ether oxygens (including phenoxy) is 1. The largest absolute Gasteiger partial charge is 0.481 e. The van der Waals surface area contributed by atoms with Crippen LogP contribution in [0.5, 0.6) is 5.75 Å². The number of hydrogen-bond acceptors (Lipinski definition) is 3. The third-order valence-corrected chi connectivity index (χ3v) is 4.69. The van der Waals surface area contributed by atoms with Gasteiger partial charge in [-0.1, -0.05) is 45.0 Å². The van der Waals surface area contributed by atoms with Crippen molar-refractivity contribution in [3.05, 3.63) is 59.2 Å². The molecule has 0 radical (unpaired) electrons. The highest BCUT2D eigenvalue weighted by molar-refractivity contribution is 5.94. The van der Waals surface area contributed by atoms with E-state index in [0.717, 1.165) is 22.4 Å². The van der Waals surface area contributed by atoms with Gasteiger partial charge in [0.2, 0.25) is 0 Å². The van der Waals surface area contributed by atoms with E-state index in [1.54, 1.807) is 19.1 Å². The van der Waals surface area contributed by atoms with Gasteiger partial charge in [0.15, 0.2) is 6.10 Å². The molecule has 0 fully saturated rings. The Morgan fingerprint density at radius 1 is 1.04 bits per heavy atom. The summed E-state index contributed by atoms with van der Waals surface area (Å²) in [6.07, 6.45) is -0.574. The number of carboxylic acids is 1. The zero-order chi connectivity index (χ0) is 20.8. The van der Waals surface area contributed by atoms with E-state index in [9.17, 15) is 9.59 Å². The van der Waals surface area contributed by atoms with Crippen molar-refractivity contribution >= 4 is 17.6 Å². The van der Waals surface area contributed by atoms with Gasteiger partial charge in [-0.25, -0.2) is 0 Å². The minimum absolute atomic E-state index is 0.0747. The molecule has 5 heteroatoms. The van der Waals surface area contributed by atoms with Gasteiger partial charge >= 0.3 is 5.97 Å². The van der Waals surface area contributed by atoms with Gasteiger partial charge in [0.1, 0.15) is 5.75 Å². The first-order valence-electron chi connectivity index (χ1n) is 9.57. The maximum absolute atomic E-state index is 12.5. The molecule has 1 amide bonds. The molecular formula is C23H29NO4. The number of carbonyl (C=O) groups is 2. The van der Waals surface area contributed by atoms with Crippen LogP contribution in [0.2, 0.25) is 0 Å². The predicted octanol–water partition coefficient (Wildman–Crippen LogP) is 5.10. The van der Waals surface area contributed by atoms with Crippen LogP contribution in [-0.4, -0.2) is 23.1 Å². The Morgan fingerprint density at radius 3 is 2.25 bits per heavy atom. The smallest absolute Gasteiger partial charge is 0.303 e. The minimum atomic E-state index is -0.826. The molecule has 0 aliphatic rings. The van der Waals surface area contributed by atoms with E-state index in [1.807, 2.05) is 44.2 Å². The fourth-order valence-corrected chi connectivity index (χ4v) is 2.98. The van der Waals surface area contributed by atoms with Gasteiger partial charge in [-0.3, -0.25) is 9.59 Å². The molecule has 0 saturated carbocycles. The Labute approximate surface area is 166 Å². The predicted molar refractivity (Wildman–Crippen MR) is 111 cm³/mol. The summed E-state index contributed by atoms with van der Waals surface area (Å²) in [6.45, 7) is 9.77. The molecule has 2 aromatic carbocycles. The Morgan fingerprint density at radius 2 is 1.68 bits per heavy atom. The molecule has 0 aromatic heterocycles. The minimum Gasteiger partial charge on any atom is -0.481 e. The number of nitrogens with one attached hydrogen (secondary N) is 1. The third-order valence-electron chi connectivity index (χ3n) is 4.69. The molecule has 28 heavy (non-hydrogen) atoms. The summed E-state index contributed by atoms with van der Waals surface area (Å²) < 4.78 is 5.95. The van der Waals surface area contributed by atoms with E-state index in [4.69, 9.17) is 9.84 Å². The molecule has 2 atom stereocenters. The van der Waals surface area contributed by atoms with Crippen molar-refractivity contribution in [1.82, 2.24) is 0 Å². The Hall–Kier alpha value is -2.82. The molecule has 150 valence electrons. The number of amides is 1. The average Bonchev–Trinajstić information content (AvgIpc) is 2.61. The molecule has 5 nitrogen and oxygen atoms in total. The maximum atomic E-state index is 12.5. The van der Waals surface area contributed by atoms with Crippen LogP contribution in [0.3, 0.4) is 0 Å². The monoisotopic (exact) mass is 383 g/mol. The first-order valence-corrected chi connectivity index (χ1v) is 9.57. The number of benzene rings is 2. The van der Waals surface area contributed by atoms with Gasteiger partial charge in [-0.15, -0.1) is 0 Å². The Bertz CT molecular complexity index is 827. The lowest BCUT2D eigenvalue weighted by atomic mass is 9.98. The first kappa shape index (κ1) is 21.5. The number of anilines is 1. The first-order chi connectivity index (χ1) is 13.2. The summed E-state index contributed by atoms with van der Waals surface area (Å²) in [6, 6.07) is 13.3. The highest BCUT2D eigenvalue weighted by Gasteiger charge is 2.18. The molecule has 2 rings (SSSR count). The molecule has 2 aromatic rings. The van der Waals surface area contributed by atoms with Gasteiger partial charge in [0, 0.05) is 5.69 Å². The van der Waals surface area contributed by atoms with Crippen LogP contribution in [0.4, 0.5) is 5.69 Å². The van der Waals surface area contributed by atoms with Crippen molar-refractivity contribution in [3.63, 3.8) is 0 Å². The van der Waals surface area contributed by atoms with Crippen molar-refractivity contribution in [1.29, 1.82) is 0 Å². The zero-order valence-corrected chi connectivity index (χ0v) is 17.2. The van der Waals surface area contributed by atoms with Gasteiger partial charge < -0.3 is 15.2 Å². The number of hydrogen-bond donors (Lipinski definition) is 2. The zero-order valence-electron chi connectivity index (χ0n) is 17.2. The van der Waals surface area contributed by atoms with Gasteiger partial charge in [-0.2, -0.15) is 0 Å². The number of aryl methyl sites for hydroxylation is 1. The number of aliphatic carboxylic acids is 1. The van der Waals surface area contributed by atoms with Gasteiger partial charge in [-0.05, 0) is 60.6 Å².